The van der Waals surface area contributed by atoms with Crippen LogP contribution in [0.25, 0.3) is 10.4 Å². The average Bonchev–Trinajstić information content (AvgIpc) is 3.04. The number of amides is 1. The SMILES string of the molecule is CCC(C)(NC(=O)c1ccc(-c2ccc(F)cc2)s1)C(=O)OC. The number of methoxy groups -OCH3 is 1. The van der Waals surface area contributed by atoms with E-state index in [-0.39, 0.29) is 11.7 Å². The van der Waals surface area contributed by atoms with Gasteiger partial charge in [0.15, 0.2) is 0 Å². The van der Waals surface area contributed by atoms with Crippen molar-refractivity contribution in [1.82, 2.24) is 5.32 Å². The van der Waals surface area contributed by atoms with Gasteiger partial charge in [-0.1, -0.05) is 19.1 Å². The van der Waals surface area contributed by atoms with E-state index in [0.29, 0.717) is 11.3 Å². The molecule has 0 bridgehead atoms. The Kier molecular flexibility index (Phi) is 5.15. The number of nitrogens with one attached hydrogen (secondary N) is 1. The molecule has 1 atom stereocenters. The van der Waals surface area contributed by atoms with Gasteiger partial charge in [0.2, 0.25) is 0 Å². The van der Waals surface area contributed by atoms with Gasteiger partial charge in [-0.05, 0) is 43.2 Å². The first-order valence-corrected chi connectivity index (χ1v) is 7.98. The number of hydrogen-bond donors (Lipinski definition) is 1. The minimum atomic E-state index is -1.06. The molecule has 0 saturated carbocycles. The fourth-order valence-electron chi connectivity index (χ4n) is 2.05. The van der Waals surface area contributed by atoms with Gasteiger partial charge in [0.25, 0.3) is 5.91 Å². The van der Waals surface area contributed by atoms with Gasteiger partial charge < -0.3 is 10.1 Å². The molecule has 2 rings (SSSR count). The van der Waals surface area contributed by atoms with Crippen LogP contribution >= 0.6 is 11.3 Å². The summed E-state index contributed by atoms with van der Waals surface area (Å²) in [7, 11) is 1.29. The van der Waals surface area contributed by atoms with Crippen LogP contribution in [-0.2, 0) is 9.53 Å². The minimum Gasteiger partial charge on any atom is -0.467 e. The molecule has 1 aromatic heterocycles. The predicted octanol–water partition coefficient (Wildman–Crippen LogP) is 3.63. The summed E-state index contributed by atoms with van der Waals surface area (Å²) in [6.45, 7) is 3.43. The molecule has 4 nitrogen and oxygen atoms in total. The number of benzene rings is 1. The molecule has 0 aliphatic carbocycles. The normalized spacial score (nSPS) is 13.2. The molecule has 23 heavy (non-hydrogen) atoms. The maximum atomic E-state index is 13.0. The van der Waals surface area contributed by atoms with Crippen LogP contribution in [0.5, 0.6) is 0 Å². The van der Waals surface area contributed by atoms with Crippen molar-refractivity contribution < 1.29 is 18.7 Å². The van der Waals surface area contributed by atoms with Crippen molar-refractivity contribution >= 4 is 23.2 Å². The van der Waals surface area contributed by atoms with Crippen LogP contribution < -0.4 is 5.32 Å². The second-order valence-corrected chi connectivity index (χ2v) is 6.39. The molecule has 6 heteroatoms. The number of carbonyl (C=O) groups is 2. The summed E-state index contributed by atoms with van der Waals surface area (Å²) in [4.78, 5) is 25.5. The maximum absolute atomic E-state index is 13.0. The van der Waals surface area contributed by atoms with E-state index >= 15 is 0 Å². The van der Waals surface area contributed by atoms with E-state index in [4.69, 9.17) is 4.74 Å². The molecule has 1 aromatic carbocycles. The number of halogens is 1. The molecule has 1 heterocycles. The maximum Gasteiger partial charge on any atom is 0.331 e. The zero-order chi connectivity index (χ0) is 17.0. The molecule has 1 amide bonds. The van der Waals surface area contributed by atoms with Crippen LogP contribution in [0.3, 0.4) is 0 Å². The molecule has 1 unspecified atom stereocenters. The quantitative estimate of drug-likeness (QED) is 0.849. The Morgan fingerprint density at radius 3 is 2.43 bits per heavy atom. The van der Waals surface area contributed by atoms with Crippen LogP contribution in [0.2, 0.25) is 0 Å². The smallest absolute Gasteiger partial charge is 0.331 e. The summed E-state index contributed by atoms with van der Waals surface area (Å²) in [6.07, 6.45) is 0.418. The van der Waals surface area contributed by atoms with Crippen molar-refractivity contribution in [2.45, 2.75) is 25.8 Å². The average molecular weight is 335 g/mol. The Hall–Kier alpha value is -2.21. The number of ether oxygens (including phenoxy) is 1. The number of rotatable bonds is 5. The van der Waals surface area contributed by atoms with Crippen LogP contribution in [-0.4, -0.2) is 24.5 Å². The van der Waals surface area contributed by atoms with Crippen LogP contribution in [0.15, 0.2) is 36.4 Å². The van der Waals surface area contributed by atoms with Gasteiger partial charge >= 0.3 is 5.97 Å². The number of esters is 1. The highest BCUT2D eigenvalue weighted by Gasteiger charge is 2.34. The van der Waals surface area contributed by atoms with Crippen molar-refractivity contribution in [3.8, 4) is 10.4 Å². The van der Waals surface area contributed by atoms with E-state index in [1.807, 2.05) is 0 Å². The number of thiophene rings is 1. The summed E-state index contributed by atoms with van der Waals surface area (Å²) in [5.74, 6) is -1.12. The molecule has 0 fully saturated rings. The molecular weight excluding hydrogens is 317 g/mol. The summed E-state index contributed by atoms with van der Waals surface area (Å²) in [6, 6.07) is 9.56. The van der Waals surface area contributed by atoms with E-state index in [0.717, 1.165) is 10.4 Å². The molecule has 122 valence electrons. The van der Waals surface area contributed by atoms with Gasteiger partial charge in [-0.2, -0.15) is 0 Å². The molecule has 2 aromatic rings. The van der Waals surface area contributed by atoms with Gasteiger partial charge in [0.1, 0.15) is 11.4 Å². The predicted molar refractivity (Wildman–Crippen MR) is 87.9 cm³/mol. The largest absolute Gasteiger partial charge is 0.467 e. The Balaban J connectivity index is 2.18. The van der Waals surface area contributed by atoms with Crippen molar-refractivity contribution in [2.24, 2.45) is 0 Å². The lowest BCUT2D eigenvalue weighted by Crippen LogP contribution is -2.52. The van der Waals surface area contributed by atoms with E-state index < -0.39 is 11.5 Å². The van der Waals surface area contributed by atoms with E-state index in [2.05, 4.69) is 5.32 Å². The highest BCUT2D eigenvalue weighted by molar-refractivity contribution is 7.17. The zero-order valence-electron chi connectivity index (χ0n) is 13.2. The number of carbonyl (C=O) groups excluding carboxylic acids is 2. The first-order valence-electron chi connectivity index (χ1n) is 7.16. The Labute approximate surface area is 138 Å². The fraction of sp³-hybridized carbons (Fsp3) is 0.294. The third-order valence-corrected chi connectivity index (χ3v) is 4.82. The highest BCUT2D eigenvalue weighted by atomic mass is 32.1. The van der Waals surface area contributed by atoms with E-state index in [1.165, 1.54) is 30.6 Å². The highest BCUT2D eigenvalue weighted by Crippen LogP contribution is 2.28. The second kappa shape index (κ2) is 6.91. The number of hydrogen-bond acceptors (Lipinski definition) is 4. The lowest BCUT2D eigenvalue weighted by atomic mass is 9.99. The Morgan fingerprint density at radius 2 is 1.87 bits per heavy atom. The first kappa shape index (κ1) is 17.1. The molecule has 0 saturated heterocycles. The standard InChI is InChI=1S/C17H18FNO3S/c1-4-17(2,16(21)22-3)19-15(20)14-10-9-13(23-14)11-5-7-12(18)8-6-11/h5-10H,4H2,1-3H3,(H,19,20). The summed E-state index contributed by atoms with van der Waals surface area (Å²) < 4.78 is 17.7. The lowest BCUT2D eigenvalue weighted by Gasteiger charge is -2.26. The van der Waals surface area contributed by atoms with Crippen LogP contribution in [0.1, 0.15) is 29.9 Å². The molecule has 1 N–H and O–H groups in total. The molecule has 0 spiro atoms. The third kappa shape index (κ3) is 3.76. The minimum absolute atomic E-state index is 0.305. The first-order chi connectivity index (χ1) is 10.9. The topological polar surface area (TPSA) is 55.4 Å². The Bertz CT molecular complexity index is 711. The van der Waals surface area contributed by atoms with Crippen molar-refractivity contribution in [3.63, 3.8) is 0 Å². The molecular formula is C17H18FNO3S. The van der Waals surface area contributed by atoms with Gasteiger partial charge in [-0.25, -0.2) is 9.18 Å². The van der Waals surface area contributed by atoms with Crippen molar-refractivity contribution in [2.75, 3.05) is 7.11 Å². The van der Waals surface area contributed by atoms with Crippen LogP contribution in [0.4, 0.5) is 4.39 Å². The van der Waals surface area contributed by atoms with E-state index in [1.54, 1.807) is 38.1 Å². The van der Waals surface area contributed by atoms with Gasteiger partial charge in [0.05, 0.1) is 12.0 Å². The van der Waals surface area contributed by atoms with Crippen molar-refractivity contribution in [3.05, 3.63) is 47.1 Å². The fourth-order valence-corrected chi connectivity index (χ4v) is 2.96. The second-order valence-electron chi connectivity index (χ2n) is 5.30. The molecule has 0 aliphatic rings. The van der Waals surface area contributed by atoms with Crippen molar-refractivity contribution in [1.29, 1.82) is 0 Å². The zero-order valence-corrected chi connectivity index (χ0v) is 14.0. The van der Waals surface area contributed by atoms with Gasteiger partial charge in [-0.15, -0.1) is 11.3 Å². The third-order valence-electron chi connectivity index (χ3n) is 3.69. The Morgan fingerprint density at radius 1 is 1.22 bits per heavy atom. The molecule has 0 radical (unpaired) electrons. The summed E-state index contributed by atoms with van der Waals surface area (Å²) in [5.41, 5.74) is -0.229. The van der Waals surface area contributed by atoms with Crippen LogP contribution in [0, 0.1) is 5.82 Å². The van der Waals surface area contributed by atoms with Gasteiger partial charge in [0, 0.05) is 4.88 Å². The van der Waals surface area contributed by atoms with Gasteiger partial charge in [-0.3, -0.25) is 4.79 Å². The summed E-state index contributed by atoms with van der Waals surface area (Å²) in [5, 5.41) is 2.72. The summed E-state index contributed by atoms with van der Waals surface area (Å²) >= 11 is 1.28. The monoisotopic (exact) mass is 335 g/mol. The molecule has 0 aliphatic heterocycles. The van der Waals surface area contributed by atoms with E-state index in [9.17, 15) is 14.0 Å². The lowest BCUT2D eigenvalue weighted by molar-refractivity contribution is -0.147.